The lowest BCUT2D eigenvalue weighted by Gasteiger charge is -2.15. The van der Waals surface area contributed by atoms with E-state index in [1.165, 1.54) is 16.4 Å². The summed E-state index contributed by atoms with van der Waals surface area (Å²) in [7, 11) is 0. The van der Waals surface area contributed by atoms with Crippen LogP contribution in [0.15, 0.2) is 29.4 Å². The highest BCUT2D eigenvalue weighted by atomic mass is 35.5. The average Bonchev–Trinajstić information content (AvgIpc) is 3.29. The molecule has 1 saturated carbocycles. The molecule has 1 atom stereocenters. The van der Waals surface area contributed by atoms with Gasteiger partial charge >= 0.3 is 0 Å². The Labute approximate surface area is 143 Å². The number of hydrogen-bond acceptors (Lipinski definition) is 5. The first-order valence-corrected chi connectivity index (χ1v) is 8.79. The maximum Gasteiger partial charge on any atom is 0.230 e. The maximum absolute atomic E-state index is 12.1. The first-order chi connectivity index (χ1) is 11.1. The summed E-state index contributed by atoms with van der Waals surface area (Å²) in [6.45, 7) is 1.90. The molecule has 1 heterocycles. The van der Waals surface area contributed by atoms with E-state index in [0.717, 1.165) is 24.2 Å². The minimum Gasteiger partial charge on any atom is -0.349 e. The van der Waals surface area contributed by atoms with Gasteiger partial charge in [0, 0.05) is 10.9 Å². The zero-order valence-corrected chi connectivity index (χ0v) is 14.3. The van der Waals surface area contributed by atoms with E-state index < -0.39 is 0 Å². The highest BCUT2D eigenvalue weighted by Crippen LogP contribution is 2.39. The van der Waals surface area contributed by atoms with Gasteiger partial charge in [-0.05, 0) is 31.4 Å². The van der Waals surface area contributed by atoms with Crippen LogP contribution in [0.3, 0.4) is 0 Å². The van der Waals surface area contributed by atoms with Crippen LogP contribution in [0.4, 0.5) is 0 Å². The standard InChI is InChI=1S/C15H18ClN5OS/c1-9(11-4-2-3-5-12(11)16)18-13(22)8-23-15-20-19-14(21(15)17)10-6-7-10/h2-5,9-10H,6-8,17H2,1H3,(H,18,22)/t9-/m0/s1. The minimum absolute atomic E-state index is 0.0987. The topological polar surface area (TPSA) is 85.8 Å². The molecule has 0 spiro atoms. The molecule has 1 aliphatic carbocycles. The van der Waals surface area contributed by atoms with Crippen molar-refractivity contribution in [3.05, 3.63) is 40.7 Å². The Kier molecular flexibility index (Phi) is 4.77. The first-order valence-electron chi connectivity index (χ1n) is 7.43. The van der Waals surface area contributed by atoms with Gasteiger partial charge < -0.3 is 11.2 Å². The maximum atomic E-state index is 12.1. The predicted octanol–water partition coefficient (Wildman–Crippen LogP) is 2.49. The molecule has 0 bridgehead atoms. The number of hydrogen-bond donors (Lipinski definition) is 2. The van der Waals surface area contributed by atoms with Gasteiger partial charge in [-0.25, -0.2) is 4.68 Å². The molecule has 1 fully saturated rings. The Balaban J connectivity index is 1.54. The second-order valence-corrected chi connectivity index (χ2v) is 6.93. The van der Waals surface area contributed by atoms with Gasteiger partial charge in [-0.3, -0.25) is 4.79 Å². The van der Waals surface area contributed by atoms with Crippen molar-refractivity contribution in [3.8, 4) is 0 Å². The molecule has 0 unspecified atom stereocenters. The number of thioether (sulfide) groups is 1. The van der Waals surface area contributed by atoms with Gasteiger partial charge in [-0.15, -0.1) is 10.2 Å². The minimum atomic E-state index is -0.158. The highest BCUT2D eigenvalue weighted by molar-refractivity contribution is 7.99. The molecule has 3 rings (SSSR count). The summed E-state index contributed by atoms with van der Waals surface area (Å²) in [5.41, 5.74) is 0.894. The highest BCUT2D eigenvalue weighted by Gasteiger charge is 2.30. The number of carbonyl (C=O) groups is 1. The van der Waals surface area contributed by atoms with Crippen LogP contribution < -0.4 is 11.2 Å². The Morgan fingerprint density at radius 3 is 2.91 bits per heavy atom. The lowest BCUT2D eigenvalue weighted by atomic mass is 10.1. The van der Waals surface area contributed by atoms with Crippen LogP contribution >= 0.6 is 23.4 Å². The fourth-order valence-electron chi connectivity index (χ4n) is 2.32. The van der Waals surface area contributed by atoms with Crippen LogP contribution in [0.1, 0.15) is 43.1 Å². The largest absolute Gasteiger partial charge is 0.349 e. The van der Waals surface area contributed by atoms with Crippen LogP contribution in [0.2, 0.25) is 5.02 Å². The second kappa shape index (κ2) is 6.80. The van der Waals surface area contributed by atoms with Gasteiger partial charge in [0.05, 0.1) is 11.8 Å². The van der Waals surface area contributed by atoms with Crippen molar-refractivity contribution in [2.45, 2.75) is 36.9 Å². The van der Waals surface area contributed by atoms with E-state index in [9.17, 15) is 4.79 Å². The van der Waals surface area contributed by atoms with E-state index >= 15 is 0 Å². The fourth-order valence-corrected chi connectivity index (χ4v) is 3.30. The normalized spacial score (nSPS) is 15.4. The molecule has 1 amide bonds. The molecule has 8 heteroatoms. The van der Waals surface area contributed by atoms with Crippen molar-refractivity contribution < 1.29 is 4.79 Å². The number of aromatic nitrogens is 3. The number of nitrogen functional groups attached to an aromatic ring is 1. The quantitative estimate of drug-likeness (QED) is 0.617. The second-order valence-electron chi connectivity index (χ2n) is 5.58. The van der Waals surface area contributed by atoms with Crippen LogP contribution in [0.5, 0.6) is 0 Å². The smallest absolute Gasteiger partial charge is 0.230 e. The third-order valence-corrected chi connectivity index (χ3v) is 5.00. The zero-order chi connectivity index (χ0) is 16.4. The summed E-state index contributed by atoms with van der Waals surface area (Å²) in [6, 6.07) is 7.31. The molecular formula is C15H18ClN5OS. The van der Waals surface area contributed by atoms with Gasteiger partial charge in [0.1, 0.15) is 0 Å². The summed E-state index contributed by atoms with van der Waals surface area (Å²) < 4.78 is 1.49. The molecule has 122 valence electrons. The van der Waals surface area contributed by atoms with Crippen molar-refractivity contribution in [3.63, 3.8) is 0 Å². The van der Waals surface area contributed by atoms with Crippen LogP contribution in [-0.2, 0) is 4.79 Å². The van der Waals surface area contributed by atoms with E-state index in [2.05, 4.69) is 15.5 Å². The summed E-state index contributed by atoms with van der Waals surface area (Å²) in [6.07, 6.45) is 2.21. The number of halogens is 1. The van der Waals surface area contributed by atoms with Crippen molar-refractivity contribution in [2.75, 3.05) is 11.6 Å². The molecule has 1 aromatic heterocycles. The van der Waals surface area contributed by atoms with Gasteiger partial charge in [0.25, 0.3) is 0 Å². The van der Waals surface area contributed by atoms with E-state index in [0.29, 0.717) is 16.1 Å². The summed E-state index contributed by atoms with van der Waals surface area (Å²) >= 11 is 7.42. The molecule has 0 aliphatic heterocycles. The average molecular weight is 352 g/mol. The van der Waals surface area contributed by atoms with Crippen molar-refractivity contribution in [2.24, 2.45) is 0 Å². The van der Waals surface area contributed by atoms with Gasteiger partial charge in [0.2, 0.25) is 11.1 Å². The molecule has 1 aromatic carbocycles. The number of benzene rings is 1. The van der Waals surface area contributed by atoms with Crippen LogP contribution in [-0.4, -0.2) is 26.5 Å². The molecule has 6 nitrogen and oxygen atoms in total. The molecule has 0 saturated heterocycles. The SMILES string of the molecule is C[C@H](NC(=O)CSc1nnc(C2CC2)n1N)c1ccccc1Cl. The Hall–Kier alpha value is -1.73. The lowest BCUT2D eigenvalue weighted by Crippen LogP contribution is -2.28. The summed E-state index contributed by atoms with van der Waals surface area (Å²) in [4.78, 5) is 12.1. The first kappa shape index (κ1) is 16.1. The van der Waals surface area contributed by atoms with E-state index in [-0.39, 0.29) is 17.7 Å². The van der Waals surface area contributed by atoms with Gasteiger partial charge in [0.15, 0.2) is 5.82 Å². The van der Waals surface area contributed by atoms with Crippen LogP contribution in [0, 0.1) is 0 Å². The zero-order valence-electron chi connectivity index (χ0n) is 12.7. The molecule has 1 aliphatic rings. The van der Waals surface area contributed by atoms with E-state index in [1.807, 2.05) is 31.2 Å². The Morgan fingerprint density at radius 1 is 1.48 bits per heavy atom. The van der Waals surface area contributed by atoms with Crippen molar-refractivity contribution in [1.29, 1.82) is 0 Å². The van der Waals surface area contributed by atoms with Crippen molar-refractivity contribution in [1.82, 2.24) is 20.2 Å². The fraction of sp³-hybridized carbons (Fsp3) is 0.400. The van der Waals surface area contributed by atoms with Crippen LogP contribution in [0.25, 0.3) is 0 Å². The summed E-state index contributed by atoms with van der Waals surface area (Å²) in [5, 5.41) is 12.3. The Bertz CT molecular complexity index is 716. The third kappa shape index (κ3) is 3.79. The summed E-state index contributed by atoms with van der Waals surface area (Å²) in [5.74, 6) is 7.33. The predicted molar refractivity (Wildman–Crippen MR) is 90.9 cm³/mol. The molecule has 0 radical (unpaired) electrons. The number of nitrogens with zero attached hydrogens (tertiary/aromatic N) is 3. The van der Waals surface area contributed by atoms with E-state index in [1.54, 1.807) is 0 Å². The molecule has 2 aromatic rings. The van der Waals surface area contributed by atoms with Gasteiger partial charge in [-0.1, -0.05) is 41.6 Å². The number of nitrogens with one attached hydrogen (secondary N) is 1. The lowest BCUT2D eigenvalue weighted by molar-refractivity contribution is -0.119. The number of amides is 1. The number of carbonyl (C=O) groups excluding carboxylic acids is 1. The van der Waals surface area contributed by atoms with Gasteiger partial charge in [-0.2, -0.15) is 0 Å². The molecule has 3 N–H and O–H groups in total. The Morgan fingerprint density at radius 2 is 2.22 bits per heavy atom. The molecule has 23 heavy (non-hydrogen) atoms. The molecular weight excluding hydrogens is 334 g/mol. The van der Waals surface area contributed by atoms with E-state index in [4.69, 9.17) is 17.4 Å². The number of nitrogens with two attached hydrogens (primary N) is 1. The monoisotopic (exact) mass is 351 g/mol. The third-order valence-electron chi connectivity index (χ3n) is 3.71. The number of rotatable bonds is 6. The van der Waals surface area contributed by atoms with Crippen molar-refractivity contribution >= 4 is 29.3 Å².